The molecule has 1 aromatic carbocycles. The highest BCUT2D eigenvalue weighted by atomic mass is 32.1. The zero-order valence-corrected chi connectivity index (χ0v) is 12.2. The van der Waals surface area contributed by atoms with E-state index in [9.17, 15) is 4.39 Å². The Kier molecular flexibility index (Phi) is 5.76. The van der Waals surface area contributed by atoms with E-state index in [0.29, 0.717) is 0 Å². The van der Waals surface area contributed by atoms with Crippen molar-refractivity contribution in [1.82, 2.24) is 10.6 Å². The van der Waals surface area contributed by atoms with E-state index in [1.807, 2.05) is 6.07 Å². The largest absolute Gasteiger partial charge is 0.317 e. The van der Waals surface area contributed by atoms with E-state index >= 15 is 0 Å². The van der Waals surface area contributed by atoms with Crippen LogP contribution >= 0.6 is 11.3 Å². The molecule has 0 fully saturated rings. The van der Waals surface area contributed by atoms with Crippen LogP contribution in [0.2, 0.25) is 0 Å². The zero-order chi connectivity index (χ0) is 13.5. The fourth-order valence-electron chi connectivity index (χ4n) is 2.01. The van der Waals surface area contributed by atoms with E-state index in [2.05, 4.69) is 23.6 Å². The number of benzene rings is 1. The summed E-state index contributed by atoms with van der Waals surface area (Å²) in [7, 11) is 0. The molecule has 1 aromatic heterocycles. The van der Waals surface area contributed by atoms with Gasteiger partial charge < -0.3 is 10.6 Å². The Balaban J connectivity index is 1.72. The molecule has 19 heavy (non-hydrogen) atoms. The molecule has 2 rings (SSSR count). The van der Waals surface area contributed by atoms with Crippen molar-refractivity contribution < 1.29 is 4.39 Å². The molecule has 4 heteroatoms. The van der Waals surface area contributed by atoms with Crippen molar-refractivity contribution in [3.05, 3.63) is 35.0 Å². The molecule has 0 amide bonds. The SMILES string of the molecule is CCCNCCCNCc1cc2cc(F)ccc2s1. The lowest BCUT2D eigenvalue weighted by atomic mass is 10.2. The van der Waals surface area contributed by atoms with Crippen molar-refractivity contribution in [2.24, 2.45) is 0 Å². The molecule has 2 N–H and O–H groups in total. The third-order valence-corrected chi connectivity index (χ3v) is 4.08. The minimum absolute atomic E-state index is 0.160. The molecule has 0 spiro atoms. The minimum atomic E-state index is -0.160. The Morgan fingerprint density at radius 2 is 1.95 bits per heavy atom. The summed E-state index contributed by atoms with van der Waals surface area (Å²) >= 11 is 1.73. The Morgan fingerprint density at radius 3 is 2.79 bits per heavy atom. The van der Waals surface area contributed by atoms with Gasteiger partial charge in [-0.05, 0) is 62.1 Å². The van der Waals surface area contributed by atoms with E-state index in [4.69, 9.17) is 0 Å². The van der Waals surface area contributed by atoms with E-state index in [1.165, 1.54) is 17.4 Å². The molecule has 0 aliphatic heterocycles. The molecular formula is C15H21FN2S. The van der Waals surface area contributed by atoms with Crippen LogP contribution < -0.4 is 10.6 Å². The highest BCUT2D eigenvalue weighted by Crippen LogP contribution is 2.26. The molecule has 0 atom stereocenters. The van der Waals surface area contributed by atoms with Crippen molar-refractivity contribution in [3.63, 3.8) is 0 Å². The van der Waals surface area contributed by atoms with Crippen LogP contribution in [0.1, 0.15) is 24.6 Å². The lowest BCUT2D eigenvalue weighted by molar-refractivity contribution is 0.594. The van der Waals surface area contributed by atoms with Crippen LogP contribution in [0, 0.1) is 5.82 Å². The quantitative estimate of drug-likeness (QED) is 0.723. The van der Waals surface area contributed by atoms with Gasteiger partial charge in [-0.15, -0.1) is 11.3 Å². The summed E-state index contributed by atoms with van der Waals surface area (Å²) in [5.74, 6) is -0.160. The first-order chi connectivity index (χ1) is 9.29. The molecule has 2 nitrogen and oxygen atoms in total. The van der Waals surface area contributed by atoms with Gasteiger partial charge in [0, 0.05) is 16.1 Å². The van der Waals surface area contributed by atoms with E-state index in [1.54, 1.807) is 17.4 Å². The van der Waals surface area contributed by atoms with Crippen molar-refractivity contribution in [2.45, 2.75) is 26.3 Å². The predicted octanol–water partition coefficient (Wildman–Crippen LogP) is 3.52. The van der Waals surface area contributed by atoms with E-state index in [0.717, 1.165) is 42.7 Å². The number of hydrogen-bond donors (Lipinski definition) is 2. The first-order valence-corrected chi connectivity index (χ1v) is 7.70. The summed E-state index contributed by atoms with van der Waals surface area (Å²) in [5.41, 5.74) is 0. The molecule has 0 radical (unpaired) electrons. The molecule has 0 saturated carbocycles. The highest BCUT2D eigenvalue weighted by molar-refractivity contribution is 7.19. The van der Waals surface area contributed by atoms with Gasteiger partial charge >= 0.3 is 0 Å². The van der Waals surface area contributed by atoms with Gasteiger partial charge in [0.1, 0.15) is 5.82 Å². The van der Waals surface area contributed by atoms with Crippen molar-refractivity contribution in [2.75, 3.05) is 19.6 Å². The standard InChI is InChI=1S/C15H21FN2S/c1-2-6-17-7-3-8-18-11-14-10-12-9-13(16)4-5-15(12)19-14/h4-5,9-10,17-18H,2-3,6-8,11H2,1H3. The smallest absolute Gasteiger partial charge is 0.123 e. The van der Waals surface area contributed by atoms with Crippen LogP contribution in [0.4, 0.5) is 4.39 Å². The predicted molar refractivity (Wildman–Crippen MR) is 81.3 cm³/mol. The average Bonchev–Trinajstić information content (AvgIpc) is 2.79. The van der Waals surface area contributed by atoms with Crippen LogP contribution in [0.3, 0.4) is 0 Å². The second-order valence-corrected chi connectivity index (χ2v) is 5.84. The van der Waals surface area contributed by atoms with Gasteiger partial charge in [0.05, 0.1) is 0 Å². The van der Waals surface area contributed by atoms with Crippen LogP contribution in [-0.4, -0.2) is 19.6 Å². The summed E-state index contributed by atoms with van der Waals surface area (Å²) in [4.78, 5) is 1.27. The van der Waals surface area contributed by atoms with Gasteiger partial charge in [0.15, 0.2) is 0 Å². The second kappa shape index (κ2) is 7.58. The number of rotatable bonds is 8. The van der Waals surface area contributed by atoms with Crippen molar-refractivity contribution in [3.8, 4) is 0 Å². The molecule has 0 aliphatic carbocycles. The fourth-order valence-corrected chi connectivity index (χ4v) is 3.02. The third-order valence-electron chi connectivity index (χ3n) is 2.96. The third kappa shape index (κ3) is 4.56. The number of halogens is 1. The van der Waals surface area contributed by atoms with E-state index < -0.39 is 0 Å². The van der Waals surface area contributed by atoms with Gasteiger partial charge in [-0.25, -0.2) is 4.39 Å². The maximum atomic E-state index is 13.1. The highest BCUT2D eigenvalue weighted by Gasteiger charge is 2.02. The summed E-state index contributed by atoms with van der Waals surface area (Å²) in [6.45, 7) is 6.23. The Morgan fingerprint density at radius 1 is 1.11 bits per heavy atom. The van der Waals surface area contributed by atoms with Crippen LogP contribution in [0.5, 0.6) is 0 Å². The topological polar surface area (TPSA) is 24.1 Å². The summed E-state index contributed by atoms with van der Waals surface area (Å²) in [5, 5.41) is 7.82. The molecule has 0 bridgehead atoms. The lowest BCUT2D eigenvalue weighted by Crippen LogP contribution is -2.21. The molecule has 0 saturated heterocycles. The molecule has 0 aliphatic rings. The van der Waals surface area contributed by atoms with Gasteiger partial charge in [-0.1, -0.05) is 6.92 Å². The minimum Gasteiger partial charge on any atom is -0.317 e. The van der Waals surface area contributed by atoms with E-state index in [-0.39, 0.29) is 5.82 Å². The molecule has 104 valence electrons. The second-order valence-electron chi connectivity index (χ2n) is 4.68. The molecule has 0 unspecified atom stereocenters. The molecular weight excluding hydrogens is 259 g/mol. The number of thiophene rings is 1. The van der Waals surface area contributed by atoms with Gasteiger partial charge in [0.25, 0.3) is 0 Å². The summed E-state index contributed by atoms with van der Waals surface area (Å²) < 4.78 is 14.2. The number of fused-ring (bicyclic) bond motifs is 1. The average molecular weight is 280 g/mol. The maximum absolute atomic E-state index is 13.1. The first kappa shape index (κ1) is 14.4. The van der Waals surface area contributed by atoms with Crippen molar-refractivity contribution in [1.29, 1.82) is 0 Å². The van der Waals surface area contributed by atoms with Gasteiger partial charge in [-0.3, -0.25) is 0 Å². The first-order valence-electron chi connectivity index (χ1n) is 6.89. The Hall–Kier alpha value is -0.970. The Labute approximate surface area is 118 Å². The fraction of sp³-hybridized carbons (Fsp3) is 0.467. The zero-order valence-electron chi connectivity index (χ0n) is 11.3. The molecule has 2 aromatic rings. The lowest BCUT2D eigenvalue weighted by Gasteiger charge is -2.04. The number of hydrogen-bond acceptors (Lipinski definition) is 3. The molecule has 1 heterocycles. The van der Waals surface area contributed by atoms with Gasteiger partial charge in [-0.2, -0.15) is 0 Å². The van der Waals surface area contributed by atoms with Crippen LogP contribution in [0.25, 0.3) is 10.1 Å². The Bertz CT molecular complexity index is 510. The van der Waals surface area contributed by atoms with Gasteiger partial charge in [0.2, 0.25) is 0 Å². The monoisotopic (exact) mass is 280 g/mol. The van der Waals surface area contributed by atoms with Crippen LogP contribution in [0.15, 0.2) is 24.3 Å². The number of nitrogens with one attached hydrogen (secondary N) is 2. The normalized spacial score (nSPS) is 11.3. The van der Waals surface area contributed by atoms with Crippen LogP contribution in [-0.2, 0) is 6.54 Å². The maximum Gasteiger partial charge on any atom is 0.123 e. The van der Waals surface area contributed by atoms with Crippen molar-refractivity contribution >= 4 is 21.4 Å². The summed E-state index contributed by atoms with van der Waals surface area (Å²) in [6, 6.07) is 7.05. The summed E-state index contributed by atoms with van der Waals surface area (Å²) in [6.07, 6.45) is 2.32.